The van der Waals surface area contributed by atoms with Crippen LogP contribution in [0.25, 0.3) is 11.0 Å². The van der Waals surface area contributed by atoms with E-state index in [1.807, 2.05) is 43.3 Å². The van der Waals surface area contributed by atoms with Gasteiger partial charge in [0.1, 0.15) is 5.75 Å². The monoisotopic (exact) mass is 328 g/mol. The Morgan fingerprint density at radius 1 is 1.04 bits per heavy atom. The zero-order valence-corrected chi connectivity index (χ0v) is 14.4. The molecule has 0 saturated carbocycles. The molecule has 0 N–H and O–H groups in total. The molecule has 0 aliphatic heterocycles. The number of nitrogens with zero attached hydrogens (tertiary/aromatic N) is 2. The van der Waals surface area contributed by atoms with E-state index in [4.69, 9.17) is 21.3 Å². The van der Waals surface area contributed by atoms with Crippen LogP contribution in [-0.4, -0.2) is 9.55 Å². The minimum atomic E-state index is -0.137. The van der Waals surface area contributed by atoms with Crippen molar-refractivity contribution >= 4 is 22.6 Å². The minimum absolute atomic E-state index is 0.137. The summed E-state index contributed by atoms with van der Waals surface area (Å²) in [5.41, 5.74) is 2.16. The normalized spacial score (nSPS) is 12.7. The van der Waals surface area contributed by atoms with E-state index >= 15 is 0 Å². The number of fused-ring (bicyclic) bond motifs is 1. The summed E-state index contributed by atoms with van der Waals surface area (Å²) in [7, 11) is 0. The van der Waals surface area contributed by atoms with E-state index in [0.29, 0.717) is 10.9 Å². The van der Waals surface area contributed by atoms with Crippen molar-refractivity contribution in [3.8, 4) is 5.75 Å². The number of ether oxygens (including phenoxy) is 1. The number of rotatable bonds is 5. The van der Waals surface area contributed by atoms with Gasteiger partial charge in [-0.05, 0) is 49.2 Å². The van der Waals surface area contributed by atoms with E-state index in [9.17, 15) is 0 Å². The lowest BCUT2D eigenvalue weighted by atomic mass is 10.2. The zero-order valence-electron chi connectivity index (χ0n) is 13.7. The quantitative estimate of drug-likeness (QED) is 0.619. The van der Waals surface area contributed by atoms with Crippen molar-refractivity contribution in [2.45, 2.75) is 33.4 Å². The highest BCUT2D eigenvalue weighted by molar-refractivity contribution is 6.30. The van der Waals surface area contributed by atoms with Crippen LogP contribution in [0.2, 0.25) is 5.02 Å². The molecule has 0 amide bonds. The van der Waals surface area contributed by atoms with Crippen LogP contribution in [0.3, 0.4) is 0 Å². The molecular formula is C19H21ClN2O. The van der Waals surface area contributed by atoms with Crippen LogP contribution in [0.1, 0.15) is 32.7 Å². The highest BCUT2D eigenvalue weighted by atomic mass is 35.5. The van der Waals surface area contributed by atoms with Gasteiger partial charge in [0.2, 0.25) is 0 Å². The van der Waals surface area contributed by atoms with Crippen LogP contribution in [0.4, 0.5) is 0 Å². The lowest BCUT2D eigenvalue weighted by Gasteiger charge is -2.18. The molecule has 1 heterocycles. The summed E-state index contributed by atoms with van der Waals surface area (Å²) < 4.78 is 8.33. The molecule has 120 valence electrons. The van der Waals surface area contributed by atoms with Gasteiger partial charge in [-0.1, -0.05) is 37.6 Å². The molecule has 0 fully saturated rings. The zero-order chi connectivity index (χ0) is 16.4. The van der Waals surface area contributed by atoms with Crippen LogP contribution in [0.5, 0.6) is 5.75 Å². The molecule has 1 atom stereocenters. The number of aromatic nitrogens is 2. The number of hydrogen-bond donors (Lipinski definition) is 0. The molecule has 3 nitrogen and oxygen atoms in total. The topological polar surface area (TPSA) is 27.1 Å². The molecule has 0 spiro atoms. The van der Waals surface area contributed by atoms with Crippen molar-refractivity contribution in [2.24, 2.45) is 5.92 Å². The van der Waals surface area contributed by atoms with E-state index in [1.165, 1.54) is 0 Å². The lowest BCUT2D eigenvalue weighted by molar-refractivity contribution is 0.210. The van der Waals surface area contributed by atoms with Crippen LogP contribution in [0, 0.1) is 5.92 Å². The van der Waals surface area contributed by atoms with Crippen molar-refractivity contribution in [1.82, 2.24) is 9.55 Å². The first-order chi connectivity index (χ1) is 11.0. The molecule has 1 unspecified atom stereocenters. The molecule has 0 bridgehead atoms. The Morgan fingerprint density at radius 3 is 2.43 bits per heavy atom. The Bertz CT molecular complexity index is 793. The molecular weight excluding hydrogens is 308 g/mol. The molecule has 0 saturated heterocycles. The third kappa shape index (κ3) is 3.50. The summed E-state index contributed by atoms with van der Waals surface area (Å²) >= 11 is 5.93. The number of hydrogen-bond acceptors (Lipinski definition) is 2. The summed E-state index contributed by atoms with van der Waals surface area (Å²) in [6, 6.07) is 15.7. The first-order valence-corrected chi connectivity index (χ1v) is 8.30. The summed E-state index contributed by atoms with van der Waals surface area (Å²) in [4.78, 5) is 4.79. The maximum absolute atomic E-state index is 6.07. The molecule has 2 aromatic carbocycles. The van der Waals surface area contributed by atoms with Crippen LogP contribution >= 0.6 is 11.6 Å². The van der Waals surface area contributed by atoms with E-state index in [0.717, 1.165) is 29.2 Å². The first kappa shape index (κ1) is 15.9. The van der Waals surface area contributed by atoms with Crippen LogP contribution in [-0.2, 0) is 6.54 Å². The smallest absolute Gasteiger partial charge is 0.153 e. The fraction of sp³-hybridized carbons (Fsp3) is 0.316. The van der Waals surface area contributed by atoms with Crippen LogP contribution in [0.15, 0.2) is 48.5 Å². The average Bonchev–Trinajstić information content (AvgIpc) is 2.88. The Kier molecular flexibility index (Phi) is 4.58. The van der Waals surface area contributed by atoms with Gasteiger partial charge in [0.25, 0.3) is 0 Å². The average molecular weight is 329 g/mol. The predicted molar refractivity (Wildman–Crippen MR) is 95.1 cm³/mol. The maximum Gasteiger partial charge on any atom is 0.153 e. The van der Waals surface area contributed by atoms with Crippen molar-refractivity contribution in [3.05, 3.63) is 59.4 Å². The molecule has 23 heavy (non-hydrogen) atoms. The van der Waals surface area contributed by atoms with Gasteiger partial charge >= 0.3 is 0 Å². The first-order valence-electron chi connectivity index (χ1n) is 7.92. The van der Waals surface area contributed by atoms with Gasteiger partial charge in [-0.15, -0.1) is 0 Å². The third-order valence-corrected chi connectivity index (χ3v) is 3.97. The highest BCUT2D eigenvalue weighted by Gasteiger charge is 2.18. The highest BCUT2D eigenvalue weighted by Crippen LogP contribution is 2.26. The third-order valence-electron chi connectivity index (χ3n) is 3.72. The van der Waals surface area contributed by atoms with Gasteiger partial charge in [0, 0.05) is 11.6 Å². The second-order valence-electron chi connectivity index (χ2n) is 6.18. The lowest BCUT2D eigenvalue weighted by Crippen LogP contribution is -2.14. The van der Waals surface area contributed by atoms with Crippen molar-refractivity contribution in [3.63, 3.8) is 0 Å². The van der Waals surface area contributed by atoms with Gasteiger partial charge in [-0.3, -0.25) is 0 Å². The fourth-order valence-corrected chi connectivity index (χ4v) is 2.86. The molecule has 0 aliphatic rings. The Labute approximate surface area is 141 Å². The van der Waals surface area contributed by atoms with Gasteiger partial charge in [0.15, 0.2) is 11.9 Å². The van der Waals surface area contributed by atoms with E-state index < -0.39 is 0 Å². The Hall–Kier alpha value is -2.00. The van der Waals surface area contributed by atoms with Gasteiger partial charge in [-0.25, -0.2) is 4.98 Å². The molecule has 3 aromatic rings. The minimum Gasteiger partial charge on any atom is -0.483 e. The molecule has 4 heteroatoms. The van der Waals surface area contributed by atoms with Crippen molar-refractivity contribution < 1.29 is 4.74 Å². The number of para-hydroxylation sites is 2. The summed E-state index contributed by atoms with van der Waals surface area (Å²) in [6.45, 7) is 7.38. The molecule has 1 aromatic heterocycles. The molecule has 0 aliphatic carbocycles. The van der Waals surface area contributed by atoms with Gasteiger partial charge in [-0.2, -0.15) is 0 Å². The second-order valence-corrected chi connectivity index (χ2v) is 6.61. The standard InChI is InChI=1S/C19H21ClN2O/c1-13(2)12-22-18-7-5-4-6-17(18)21-19(22)14(3)23-16-10-8-15(20)9-11-16/h4-11,13-14H,12H2,1-3H3. The van der Waals surface area contributed by atoms with Gasteiger partial charge in [0.05, 0.1) is 11.0 Å². The van der Waals surface area contributed by atoms with E-state index in [2.05, 4.69) is 30.5 Å². The number of benzene rings is 2. The fourth-order valence-electron chi connectivity index (χ4n) is 2.73. The van der Waals surface area contributed by atoms with Crippen LogP contribution < -0.4 is 4.74 Å². The summed E-state index contributed by atoms with van der Waals surface area (Å²) in [5, 5.41) is 0.706. The van der Waals surface area contributed by atoms with E-state index in [1.54, 1.807) is 0 Å². The number of halogens is 1. The Morgan fingerprint density at radius 2 is 1.74 bits per heavy atom. The second kappa shape index (κ2) is 6.63. The summed E-state index contributed by atoms with van der Waals surface area (Å²) in [6.07, 6.45) is -0.137. The Balaban J connectivity index is 1.95. The van der Waals surface area contributed by atoms with Gasteiger partial charge < -0.3 is 9.30 Å². The maximum atomic E-state index is 6.07. The SMILES string of the molecule is CC(C)Cn1c(C(C)Oc2ccc(Cl)cc2)nc2ccccc21. The van der Waals surface area contributed by atoms with Crippen molar-refractivity contribution in [1.29, 1.82) is 0 Å². The number of imidazole rings is 1. The molecule has 3 rings (SSSR count). The molecule has 0 radical (unpaired) electrons. The van der Waals surface area contributed by atoms with E-state index in [-0.39, 0.29) is 6.10 Å². The predicted octanol–water partition coefficient (Wildman–Crippen LogP) is 5.49. The summed E-state index contributed by atoms with van der Waals surface area (Å²) in [5.74, 6) is 2.29. The van der Waals surface area contributed by atoms with Crippen molar-refractivity contribution in [2.75, 3.05) is 0 Å². The largest absolute Gasteiger partial charge is 0.483 e.